The van der Waals surface area contributed by atoms with Crippen LogP contribution in [0.15, 0.2) is 30.5 Å². The molecule has 4 heteroatoms. The maximum atomic E-state index is 6.45. The monoisotopic (exact) mass is 275 g/mol. The van der Waals surface area contributed by atoms with Gasteiger partial charge in [0.05, 0.1) is 10.9 Å². The molecule has 0 N–H and O–H groups in total. The number of hydrogen-bond donors (Lipinski definition) is 0. The van der Waals surface area contributed by atoms with Gasteiger partial charge in [0.15, 0.2) is 0 Å². The van der Waals surface area contributed by atoms with E-state index < -0.39 is 0 Å². The quantitative estimate of drug-likeness (QED) is 0.784. The molecule has 3 rings (SSSR count). The summed E-state index contributed by atoms with van der Waals surface area (Å²) in [4.78, 5) is 11.3. The van der Waals surface area contributed by atoms with E-state index in [4.69, 9.17) is 11.6 Å². The van der Waals surface area contributed by atoms with Crippen LogP contribution in [0.2, 0.25) is 0 Å². The Morgan fingerprint density at radius 1 is 1.21 bits per heavy atom. The number of alkyl halides is 1. The van der Waals surface area contributed by atoms with Crippen molar-refractivity contribution in [1.82, 2.24) is 9.97 Å². The number of hydrogen-bond acceptors (Lipinski definition) is 3. The number of rotatable bonds is 2. The average Bonchev–Trinajstić information content (AvgIpc) is 2.46. The van der Waals surface area contributed by atoms with Gasteiger partial charge in [0.25, 0.3) is 0 Å². The van der Waals surface area contributed by atoms with E-state index in [1.54, 1.807) is 0 Å². The molecule has 1 aromatic carbocycles. The molecular formula is C15H18ClN3. The highest BCUT2D eigenvalue weighted by atomic mass is 35.5. The van der Waals surface area contributed by atoms with Crippen LogP contribution in [-0.4, -0.2) is 28.4 Å². The van der Waals surface area contributed by atoms with Gasteiger partial charge in [-0.15, -0.1) is 11.6 Å². The molecule has 0 amide bonds. The lowest BCUT2D eigenvalue weighted by Gasteiger charge is -2.34. The fraction of sp³-hybridized carbons (Fsp3) is 0.467. The fourth-order valence-corrected chi connectivity index (χ4v) is 3.23. The topological polar surface area (TPSA) is 29.0 Å². The molecule has 1 aliphatic carbocycles. The van der Waals surface area contributed by atoms with E-state index in [9.17, 15) is 0 Å². The van der Waals surface area contributed by atoms with Crippen LogP contribution in [0.1, 0.15) is 25.7 Å². The standard InChI is InChI=1S/C15H18ClN3/c1-19(14-9-5-3-7-12(14)16)15-17-10-11-6-2-4-8-13(11)18-15/h2,4,6,8,10,12,14H,3,5,7,9H2,1H3. The molecule has 1 aliphatic rings. The summed E-state index contributed by atoms with van der Waals surface area (Å²) in [6.45, 7) is 0. The van der Waals surface area contributed by atoms with Gasteiger partial charge in [0, 0.05) is 24.7 Å². The zero-order valence-electron chi connectivity index (χ0n) is 11.1. The lowest BCUT2D eigenvalue weighted by molar-refractivity contribution is 0.431. The third-order valence-electron chi connectivity index (χ3n) is 3.94. The maximum absolute atomic E-state index is 6.45. The van der Waals surface area contributed by atoms with Crippen LogP contribution in [-0.2, 0) is 0 Å². The summed E-state index contributed by atoms with van der Waals surface area (Å²) in [6, 6.07) is 8.41. The Morgan fingerprint density at radius 2 is 2.00 bits per heavy atom. The summed E-state index contributed by atoms with van der Waals surface area (Å²) in [5.41, 5.74) is 0.987. The van der Waals surface area contributed by atoms with Crippen molar-refractivity contribution in [3.05, 3.63) is 30.5 Å². The Labute approximate surface area is 118 Å². The fourth-order valence-electron chi connectivity index (χ4n) is 2.78. The van der Waals surface area contributed by atoms with Gasteiger partial charge in [-0.05, 0) is 18.9 Å². The number of anilines is 1. The zero-order chi connectivity index (χ0) is 13.2. The Kier molecular flexibility index (Phi) is 3.56. The largest absolute Gasteiger partial charge is 0.339 e. The van der Waals surface area contributed by atoms with E-state index in [0.717, 1.165) is 29.7 Å². The summed E-state index contributed by atoms with van der Waals surface area (Å²) in [5, 5.41) is 1.28. The van der Waals surface area contributed by atoms with Gasteiger partial charge in [0.2, 0.25) is 5.95 Å². The molecule has 2 unspecified atom stereocenters. The third kappa shape index (κ3) is 2.52. The second kappa shape index (κ2) is 5.33. The molecule has 2 atom stereocenters. The third-order valence-corrected chi connectivity index (χ3v) is 4.45. The Bertz CT molecular complexity index is 572. The molecule has 100 valence electrons. The van der Waals surface area contributed by atoms with E-state index >= 15 is 0 Å². The van der Waals surface area contributed by atoms with E-state index in [0.29, 0.717) is 6.04 Å². The number of para-hydroxylation sites is 1. The van der Waals surface area contributed by atoms with E-state index in [-0.39, 0.29) is 5.38 Å². The SMILES string of the molecule is CN(c1ncc2ccccc2n1)C1CCCCC1Cl. The highest BCUT2D eigenvalue weighted by Gasteiger charge is 2.28. The van der Waals surface area contributed by atoms with E-state index in [1.165, 1.54) is 12.8 Å². The molecule has 0 bridgehead atoms. The van der Waals surface area contributed by atoms with Gasteiger partial charge in [-0.3, -0.25) is 0 Å². The number of halogens is 1. The van der Waals surface area contributed by atoms with Crippen molar-refractivity contribution in [2.45, 2.75) is 37.1 Å². The van der Waals surface area contributed by atoms with Crippen LogP contribution in [0.25, 0.3) is 10.9 Å². The minimum absolute atomic E-state index is 0.203. The molecule has 0 saturated heterocycles. The van der Waals surface area contributed by atoms with Crippen LogP contribution in [0.3, 0.4) is 0 Å². The summed E-state index contributed by atoms with van der Waals surface area (Å²) in [5.74, 6) is 0.774. The molecule has 0 aliphatic heterocycles. The molecular weight excluding hydrogens is 258 g/mol. The van der Waals surface area contributed by atoms with Gasteiger partial charge in [-0.1, -0.05) is 31.0 Å². The second-order valence-corrected chi connectivity index (χ2v) is 5.77. The van der Waals surface area contributed by atoms with Gasteiger partial charge < -0.3 is 4.90 Å². The molecule has 0 spiro atoms. The predicted octanol–water partition coefficient (Wildman–Crippen LogP) is 3.62. The van der Waals surface area contributed by atoms with Crippen LogP contribution < -0.4 is 4.90 Å². The van der Waals surface area contributed by atoms with E-state index in [2.05, 4.69) is 21.9 Å². The Balaban J connectivity index is 1.90. The normalized spacial score (nSPS) is 23.5. The number of aromatic nitrogens is 2. The zero-order valence-corrected chi connectivity index (χ0v) is 11.8. The summed E-state index contributed by atoms with van der Waals surface area (Å²) < 4.78 is 0. The number of nitrogens with zero attached hydrogens (tertiary/aromatic N) is 3. The second-order valence-electron chi connectivity index (χ2n) is 5.21. The molecule has 1 heterocycles. The molecule has 3 nitrogen and oxygen atoms in total. The van der Waals surface area contributed by atoms with Crippen LogP contribution >= 0.6 is 11.6 Å². The first kappa shape index (κ1) is 12.7. The van der Waals surface area contributed by atoms with E-state index in [1.807, 2.05) is 30.5 Å². The summed E-state index contributed by atoms with van der Waals surface area (Å²) in [7, 11) is 2.05. The first-order chi connectivity index (χ1) is 9.25. The van der Waals surface area contributed by atoms with Crippen molar-refractivity contribution in [3.63, 3.8) is 0 Å². The minimum atomic E-state index is 0.203. The highest BCUT2D eigenvalue weighted by Crippen LogP contribution is 2.28. The molecule has 1 saturated carbocycles. The first-order valence-corrected chi connectivity index (χ1v) is 7.28. The molecule has 1 fully saturated rings. The maximum Gasteiger partial charge on any atom is 0.225 e. The average molecular weight is 276 g/mol. The predicted molar refractivity (Wildman–Crippen MR) is 79.8 cm³/mol. The van der Waals surface area contributed by atoms with Crippen molar-refractivity contribution < 1.29 is 0 Å². The molecule has 19 heavy (non-hydrogen) atoms. The van der Waals surface area contributed by atoms with Crippen molar-refractivity contribution in [2.75, 3.05) is 11.9 Å². The molecule has 0 radical (unpaired) electrons. The van der Waals surface area contributed by atoms with Crippen molar-refractivity contribution in [1.29, 1.82) is 0 Å². The summed E-state index contributed by atoms with van der Waals surface area (Å²) >= 11 is 6.45. The smallest absolute Gasteiger partial charge is 0.225 e. The number of fused-ring (bicyclic) bond motifs is 1. The first-order valence-electron chi connectivity index (χ1n) is 6.84. The lowest BCUT2D eigenvalue weighted by atomic mass is 9.94. The Hall–Kier alpha value is -1.35. The molecule has 1 aromatic heterocycles. The summed E-state index contributed by atoms with van der Waals surface area (Å²) in [6.07, 6.45) is 6.58. The van der Waals surface area contributed by atoms with Gasteiger partial charge in [0.1, 0.15) is 0 Å². The van der Waals surface area contributed by atoms with Gasteiger partial charge in [-0.2, -0.15) is 0 Å². The van der Waals surface area contributed by atoms with Crippen molar-refractivity contribution >= 4 is 28.5 Å². The minimum Gasteiger partial charge on any atom is -0.339 e. The van der Waals surface area contributed by atoms with Crippen LogP contribution in [0.5, 0.6) is 0 Å². The van der Waals surface area contributed by atoms with Crippen LogP contribution in [0, 0.1) is 0 Å². The van der Waals surface area contributed by atoms with Gasteiger partial charge in [-0.25, -0.2) is 9.97 Å². The Morgan fingerprint density at radius 3 is 2.84 bits per heavy atom. The van der Waals surface area contributed by atoms with Crippen molar-refractivity contribution in [3.8, 4) is 0 Å². The molecule has 2 aromatic rings. The van der Waals surface area contributed by atoms with Crippen molar-refractivity contribution in [2.24, 2.45) is 0 Å². The lowest BCUT2D eigenvalue weighted by Crippen LogP contribution is -2.41. The van der Waals surface area contributed by atoms with Crippen LogP contribution in [0.4, 0.5) is 5.95 Å². The van der Waals surface area contributed by atoms with Gasteiger partial charge >= 0.3 is 0 Å². The highest BCUT2D eigenvalue weighted by molar-refractivity contribution is 6.21. The number of benzene rings is 1.